The normalized spacial score (nSPS) is 35.5. The molecule has 0 amide bonds. The molecule has 0 radical (unpaired) electrons. The summed E-state index contributed by atoms with van der Waals surface area (Å²) in [5, 5.41) is 0. The molecule has 3 unspecified atom stereocenters. The molecule has 0 saturated heterocycles. The van der Waals surface area contributed by atoms with Gasteiger partial charge in [0.25, 0.3) is 0 Å². The number of hydrogen-bond acceptors (Lipinski definition) is 0. The Bertz CT molecular complexity index is 210. The van der Waals surface area contributed by atoms with Crippen LogP contribution in [0.3, 0.4) is 0 Å². The second kappa shape index (κ2) is 3.75. The van der Waals surface area contributed by atoms with Gasteiger partial charge >= 0.3 is 0 Å². The van der Waals surface area contributed by atoms with E-state index >= 15 is 0 Å². The van der Waals surface area contributed by atoms with Crippen molar-refractivity contribution in [1.29, 1.82) is 0 Å². The molecule has 0 saturated carbocycles. The molecule has 0 nitrogen and oxygen atoms in total. The van der Waals surface area contributed by atoms with E-state index in [9.17, 15) is 0 Å². The second-order valence-corrected chi connectivity index (χ2v) is 3.74. The molecule has 0 heteroatoms. The van der Waals surface area contributed by atoms with Gasteiger partial charge in [0.05, 0.1) is 0 Å². The first-order chi connectivity index (χ1) is 5.70. The summed E-state index contributed by atoms with van der Waals surface area (Å²) in [6, 6.07) is 0. The minimum absolute atomic E-state index is 0.520. The summed E-state index contributed by atoms with van der Waals surface area (Å²) in [4.78, 5) is 0. The molecule has 0 heterocycles. The third kappa shape index (κ3) is 1.52. The maximum atomic E-state index is 3.89. The number of allylic oxidation sites excluding steroid dienone is 4. The van der Waals surface area contributed by atoms with Crippen molar-refractivity contribution in [3.8, 4) is 0 Å². The molecular weight excluding hydrogens is 144 g/mol. The average molecular weight is 162 g/mol. The molecule has 12 heavy (non-hydrogen) atoms. The highest BCUT2D eigenvalue weighted by molar-refractivity contribution is 5.18. The Balaban J connectivity index is 2.89. The van der Waals surface area contributed by atoms with Crippen LogP contribution >= 0.6 is 0 Å². The predicted octanol–water partition coefficient (Wildman–Crippen LogP) is 3.58. The van der Waals surface area contributed by atoms with E-state index in [1.54, 1.807) is 0 Å². The van der Waals surface area contributed by atoms with Crippen LogP contribution in [0.1, 0.15) is 20.3 Å². The molecule has 0 spiro atoms. The van der Waals surface area contributed by atoms with Gasteiger partial charge in [-0.05, 0) is 25.2 Å². The van der Waals surface area contributed by atoms with Gasteiger partial charge in [-0.1, -0.05) is 30.7 Å². The summed E-state index contributed by atoms with van der Waals surface area (Å²) in [6.45, 7) is 12.2. The minimum atomic E-state index is 0.520. The van der Waals surface area contributed by atoms with Gasteiger partial charge in [-0.3, -0.25) is 0 Å². The lowest BCUT2D eigenvalue weighted by Gasteiger charge is -2.32. The fraction of sp³-hybridized carbons (Fsp3) is 0.500. The molecule has 1 rings (SSSR count). The van der Waals surface area contributed by atoms with Crippen LogP contribution in [-0.4, -0.2) is 0 Å². The Morgan fingerprint density at radius 1 is 1.42 bits per heavy atom. The molecule has 1 aliphatic carbocycles. The van der Waals surface area contributed by atoms with Crippen molar-refractivity contribution in [3.05, 3.63) is 37.0 Å². The van der Waals surface area contributed by atoms with E-state index in [4.69, 9.17) is 0 Å². The summed E-state index contributed by atoms with van der Waals surface area (Å²) < 4.78 is 0. The third-order valence-electron chi connectivity index (χ3n) is 2.94. The summed E-state index contributed by atoms with van der Waals surface area (Å²) in [7, 11) is 0. The lowest BCUT2D eigenvalue weighted by molar-refractivity contribution is 0.353. The molecule has 0 aromatic carbocycles. The van der Waals surface area contributed by atoms with Crippen LogP contribution in [-0.2, 0) is 0 Å². The molecule has 1 aliphatic rings. The molecule has 66 valence electrons. The zero-order valence-electron chi connectivity index (χ0n) is 8.09. The van der Waals surface area contributed by atoms with Crippen LogP contribution in [0.5, 0.6) is 0 Å². The van der Waals surface area contributed by atoms with Crippen LogP contribution in [0.15, 0.2) is 37.0 Å². The highest BCUT2D eigenvalue weighted by Crippen LogP contribution is 2.35. The minimum Gasteiger partial charge on any atom is -0.103 e. The first-order valence-corrected chi connectivity index (χ1v) is 4.62. The van der Waals surface area contributed by atoms with Crippen LogP contribution in [0.25, 0.3) is 0 Å². The monoisotopic (exact) mass is 162 g/mol. The van der Waals surface area contributed by atoms with Gasteiger partial charge in [0.1, 0.15) is 0 Å². The van der Waals surface area contributed by atoms with Crippen molar-refractivity contribution in [3.63, 3.8) is 0 Å². The van der Waals surface area contributed by atoms with Gasteiger partial charge in [0.15, 0.2) is 0 Å². The van der Waals surface area contributed by atoms with Crippen molar-refractivity contribution in [2.45, 2.75) is 20.3 Å². The fourth-order valence-electron chi connectivity index (χ4n) is 2.04. The van der Waals surface area contributed by atoms with E-state index in [0.717, 1.165) is 0 Å². The molecule has 0 fully saturated rings. The number of hydrogen-bond donors (Lipinski definition) is 0. The maximum absolute atomic E-state index is 3.89. The summed E-state index contributed by atoms with van der Waals surface area (Å²) in [5.41, 5.74) is 1.45. The third-order valence-corrected chi connectivity index (χ3v) is 2.94. The van der Waals surface area contributed by atoms with Gasteiger partial charge in [-0.2, -0.15) is 0 Å². The largest absolute Gasteiger partial charge is 0.103 e. The van der Waals surface area contributed by atoms with Gasteiger partial charge in [-0.25, -0.2) is 0 Å². The van der Waals surface area contributed by atoms with Crippen molar-refractivity contribution in [2.75, 3.05) is 0 Å². The van der Waals surface area contributed by atoms with Crippen molar-refractivity contribution in [1.82, 2.24) is 0 Å². The van der Waals surface area contributed by atoms with Crippen molar-refractivity contribution < 1.29 is 0 Å². The Morgan fingerprint density at radius 2 is 2.08 bits per heavy atom. The highest BCUT2D eigenvalue weighted by Gasteiger charge is 2.25. The summed E-state index contributed by atoms with van der Waals surface area (Å²) in [6.07, 6.45) is 7.64. The molecule has 0 aromatic rings. The highest BCUT2D eigenvalue weighted by atomic mass is 14.3. The Hall–Kier alpha value is -0.780. The Morgan fingerprint density at radius 3 is 2.50 bits per heavy atom. The molecule has 3 atom stereocenters. The zero-order valence-corrected chi connectivity index (χ0v) is 8.09. The van der Waals surface area contributed by atoms with E-state index < -0.39 is 0 Å². The van der Waals surface area contributed by atoms with Crippen molar-refractivity contribution >= 4 is 0 Å². The van der Waals surface area contributed by atoms with Gasteiger partial charge in [-0.15, -0.1) is 13.2 Å². The Labute approximate surface area is 75.7 Å². The lowest BCUT2D eigenvalue weighted by Crippen LogP contribution is -2.22. The van der Waals surface area contributed by atoms with Gasteiger partial charge < -0.3 is 0 Å². The topological polar surface area (TPSA) is 0 Å². The fourth-order valence-corrected chi connectivity index (χ4v) is 2.04. The van der Waals surface area contributed by atoms with E-state index in [-0.39, 0.29) is 0 Å². The summed E-state index contributed by atoms with van der Waals surface area (Å²) in [5.74, 6) is 1.83. The van der Waals surface area contributed by atoms with Gasteiger partial charge in [0, 0.05) is 5.92 Å². The quantitative estimate of drug-likeness (QED) is 0.544. The van der Waals surface area contributed by atoms with Crippen LogP contribution < -0.4 is 0 Å². The predicted molar refractivity (Wildman–Crippen MR) is 54.9 cm³/mol. The molecule has 0 bridgehead atoms. The second-order valence-electron chi connectivity index (χ2n) is 3.74. The first-order valence-electron chi connectivity index (χ1n) is 4.62. The standard InChI is InChI=1S/C12H18/c1-5-11-9(3)7-8-10(4)12(11)6-2/h5-7,10-12H,1-2,8H2,3-4H3. The Kier molecular flexibility index (Phi) is 2.91. The summed E-state index contributed by atoms with van der Waals surface area (Å²) >= 11 is 0. The van der Waals surface area contributed by atoms with E-state index in [0.29, 0.717) is 17.8 Å². The van der Waals surface area contributed by atoms with Crippen LogP contribution in [0.2, 0.25) is 0 Å². The van der Waals surface area contributed by atoms with E-state index in [2.05, 4.69) is 39.2 Å². The molecule has 0 aromatic heterocycles. The van der Waals surface area contributed by atoms with E-state index in [1.807, 2.05) is 6.08 Å². The van der Waals surface area contributed by atoms with Gasteiger partial charge in [0.2, 0.25) is 0 Å². The average Bonchev–Trinajstić information content (AvgIpc) is 2.08. The van der Waals surface area contributed by atoms with Crippen molar-refractivity contribution in [2.24, 2.45) is 17.8 Å². The smallest absolute Gasteiger partial charge is 0.00367 e. The number of rotatable bonds is 2. The van der Waals surface area contributed by atoms with Crippen LogP contribution in [0, 0.1) is 17.8 Å². The SMILES string of the molecule is C=CC1C(C)=CCC(C)C1C=C. The molecule has 0 aliphatic heterocycles. The molecular formula is C12H18. The lowest BCUT2D eigenvalue weighted by atomic mass is 9.73. The van der Waals surface area contributed by atoms with E-state index in [1.165, 1.54) is 12.0 Å². The molecule has 0 N–H and O–H groups in total. The first kappa shape index (κ1) is 9.31. The van der Waals surface area contributed by atoms with Crippen LogP contribution in [0.4, 0.5) is 0 Å². The maximum Gasteiger partial charge on any atom is 0.00367 e. The zero-order chi connectivity index (χ0) is 9.14.